The molecule has 0 bridgehead atoms. The van der Waals surface area contributed by atoms with Crippen molar-refractivity contribution in [1.29, 1.82) is 0 Å². The number of carbonyl (C=O) groups is 1. The van der Waals surface area contributed by atoms with E-state index in [0.29, 0.717) is 5.75 Å². The summed E-state index contributed by atoms with van der Waals surface area (Å²) >= 11 is 0. The second-order valence-electron chi connectivity index (χ2n) is 3.76. The summed E-state index contributed by atoms with van der Waals surface area (Å²) in [5.41, 5.74) is 1.30. The van der Waals surface area contributed by atoms with Crippen LogP contribution in [0.25, 0.3) is 0 Å². The number of benzene rings is 1. The summed E-state index contributed by atoms with van der Waals surface area (Å²) < 4.78 is 5.60. The minimum atomic E-state index is -0.923. The molecule has 1 aliphatic rings. The number of carboxylic acid groups (broad SMARTS) is 1. The Morgan fingerprint density at radius 2 is 2.33 bits per heavy atom. The molecule has 0 spiro atoms. The average Bonchev–Trinajstić information content (AvgIpc) is 2.19. The number of nitrogens with zero attached hydrogens (tertiary/aromatic N) is 1. The summed E-state index contributed by atoms with van der Waals surface area (Å²) in [4.78, 5) is 12.8. The number of fused-ring (bicyclic) bond motifs is 1. The van der Waals surface area contributed by atoms with E-state index in [-0.39, 0.29) is 11.8 Å². The first-order valence-corrected chi connectivity index (χ1v) is 4.81. The van der Waals surface area contributed by atoms with Gasteiger partial charge in [0, 0.05) is 12.1 Å². The molecule has 0 amide bonds. The smallest absolute Gasteiger partial charge is 0.335 e. The van der Waals surface area contributed by atoms with E-state index in [1.807, 2.05) is 14.0 Å². The van der Waals surface area contributed by atoms with Gasteiger partial charge in [0.25, 0.3) is 0 Å². The van der Waals surface area contributed by atoms with E-state index in [9.17, 15) is 4.79 Å². The van der Waals surface area contributed by atoms with Gasteiger partial charge in [0.2, 0.25) is 0 Å². The highest BCUT2D eigenvalue weighted by molar-refractivity contribution is 5.88. The molecule has 1 heterocycles. The van der Waals surface area contributed by atoms with Crippen molar-refractivity contribution < 1.29 is 14.6 Å². The van der Waals surface area contributed by atoms with Crippen LogP contribution in [0.5, 0.6) is 5.75 Å². The summed E-state index contributed by atoms with van der Waals surface area (Å²) in [5, 5.41) is 8.84. The van der Waals surface area contributed by atoms with E-state index in [2.05, 4.69) is 4.90 Å². The molecule has 1 aliphatic heterocycles. The van der Waals surface area contributed by atoms with Crippen molar-refractivity contribution >= 4 is 5.97 Å². The lowest BCUT2D eigenvalue weighted by Crippen LogP contribution is -2.37. The van der Waals surface area contributed by atoms with Gasteiger partial charge in [0.15, 0.2) is 0 Å². The molecule has 0 radical (unpaired) electrons. The monoisotopic (exact) mass is 207 g/mol. The van der Waals surface area contributed by atoms with Crippen molar-refractivity contribution in [3.63, 3.8) is 0 Å². The number of hydrogen-bond acceptors (Lipinski definition) is 3. The Balaban J connectivity index is 2.37. The van der Waals surface area contributed by atoms with Crippen LogP contribution in [0.15, 0.2) is 18.2 Å². The number of rotatable bonds is 1. The molecule has 0 saturated heterocycles. The van der Waals surface area contributed by atoms with E-state index in [1.165, 1.54) is 0 Å². The highest BCUT2D eigenvalue weighted by atomic mass is 16.5. The van der Waals surface area contributed by atoms with Gasteiger partial charge >= 0.3 is 5.97 Å². The first-order chi connectivity index (χ1) is 7.08. The third kappa shape index (κ3) is 1.80. The molecule has 1 unspecified atom stereocenters. The second kappa shape index (κ2) is 3.55. The molecular formula is C11H13NO3. The van der Waals surface area contributed by atoms with Crippen LogP contribution in [0, 0.1) is 0 Å². The maximum absolute atomic E-state index is 10.8. The molecule has 0 saturated carbocycles. The van der Waals surface area contributed by atoms with Crippen LogP contribution < -0.4 is 4.74 Å². The Labute approximate surface area is 88.1 Å². The quantitative estimate of drug-likeness (QED) is 0.759. The first-order valence-electron chi connectivity index (χ1n) is 4.81. The summed E-state index contributed by atoms with van der Waals surface area (Å²) in [6.45, 7) is 2.73. The van der Waals surface area contributed by atoms with Crippen LogP contribution in [0.2, 0.25) is 0 Å². The molecular weight excluding hydrogens is 194 g/mol. The zero-order valence-corrected chi connectivity index (χ0v) is 8.73. The van der Waals surface area contributed by atoms with Crippen LogP contribution in [-0.4, -0.2) is 29.3 Å². The Morgan fingerprint density at radius 1 is 1.60 bits per heavy atom. The van der Waals surface area contributed by atoms with E-state index in [4.69, 9.17) is 9.84 Å². The highest BCUT2D eigenvalue weighted by Crippen LogP contribution is 2.28. The standard InChI is InChI=1S/C11H13NO3/c1-7-12(2)6-9-4-3-8(11(13)14)5-10(9)15-7/h3-5,7H,6H2,1-2H3,(H,13,14). The van der Waals surface area contributed by atoms with Crippen LogP contribution in [0.4, 0.5) is 0 Å². The van der Waals surface area contributed by atoms with Gasteiger partial charge in [-0.15, -0.1) is 0 Å². The first kappa shape index (κ1) is 9.98. The zero-order valence-electron chi connectivity index (χ0n) is 8.73. The Morgan fingerprint density at radius 3 is 3.00 bits per heavy atom. The lowest BCUT2D eigenvalue weighted by Gasteiger charge is -2.32. The Bertz CT molecular complexity index is 403. The molecule has 1 aromatic carbocycles. The van der Waals surface area contributed by atoms with Crippen LogP contribution in [0.1, 0.15) is 22.8 Å². The van der Waals surface area contributed by atoms with Gasteiger partial charge in [-0.25, -0.2) is 4.79 Å². The normalized spacial score (nSPS) is 20.5. The van der Waals surface area contributed by atoms with Crippen molar-refractivity contribution in [2.24, 2.45) is 0 Å². The Kier molecular flexibility index (Phi) is 2.36. The van der Waals surface area contributed by atoms with Gasteiger partial charge in [0.05, 0.1) is 5.56 Å². The van der Waals surface area contributed by atoms with Crippen molar-refractivity contribution in [1.82, 2.24) is 4.90 Å². The molecule has 0 aliphatic carbocycles. The van der Waals surface area contributed by atoms with Crippen LogP contribution in [0.3, 0.4) is 0 Å². The van der Waals surface area contributed by atoms with Crippen molar-refractivity contribution in [3.05, 3.63) is 29.3 Å². The fourth-order valence-corrected chi connectivity index (χ4v) is 1.60. The predicted octanol–water partition coefficient (Wildman–Crippen LogP) is 1.55. The SMILES string of the molecule is CC1Oc2cc(C(=O)O)ccc2CN1C. The topological polar surface area (TPSA) is 49.8 Å². The lowest BCUT2D eigenvalue weighted by atomic mass is 10.1. The van der Waals surface area contributed by atoms with Gasteiger partial charge < -0.3 is 9.84 Å². The fraction of sp³-hybridized carbons (Fsp3) is 0.364. The van der Waals surface area contributed by atoms with Gasteiger partial charge in [-0.1, -0.05) is 6.07 Å². The minimum Gasteiger partial charge on any atom is -0.478 e. The lowest BCUT2D eigenvalue weighted by molar-refractivity contribution is 0.0338. The summed E-state index contributed by atoms with van der Waals surface area (Å²) in [5.74, 6) is -0.242. The van der Waals surface area contributed by atoms with E-state index < -0.39 is 5.97 Å². The van der Waals surface area contributed by atoms with E-state index in [1.54, 1.807) is 18.2 Å². The molecule has 1 aromatic rings. The molecule has 80 valence electrons. The summed E-state index contributed by atoms with van der Waals surface area (Å²) in [7, 11) is 1.97. The third-order valence-corrected chi connectivity index (χ3v) is 2.65. The average molecular weight is 207 g/mol. The van der Waals surface area contributed by atoms with Crippen LogP contribution in [-0.2, 0) is 6.54 Å². The number of carboxylic acids is 1. The van der Waals surface area contributed by atoms with E-state index >= 15 is 0 Å². The van der Waals surface area contributed by atoms with Gasteiger partial charge in [-0.2, -0.15) is 0 Å². The molecule has 2 rings (SSSR count). The number of hydrogen-bond donors (Lipinski definition) is 1. The highest BCUT2D eigenvalue weighted by Gasteiger charge is 2.21. The fourth-order valence-electron chi connectivity index (χ4n) is 1.60. The molecule has 1 N–H and O–H groups in total. The molecule has 0 fully saturated rings. The second-order valence-corrected chi connectivity index (χ2v) is 3.76. The zero-order chi connectivity index (χ0) is 11.0. The minimum absolute atomic E-state index is 0.0125. The van der Waals surface area contributed by atoms with Crippen molar-refractivity contribution in [2.75, 3.05) is 7.05 Å². The summed E-state index contributed by atoms with van der Waals surface area (Å²) in [6.07, 6.45) is -0.0125. The molecule has 4 nitrogen and oxygen atoms in total. The predicted molar refractivity (Wildman–Crippen MR) is 55.0 cm³/mol. The molecule has 1 atom stereocenters. The molecule has 0 aromatic heterocycles. The van der Waals surface area contributed by atoms with Gasteiger partial charge in [-0.3, -0.25) is 4.90 Å². The van der Waals surface area contributed by atoms with Crippen molar-refractivity contribution in [3.8, 4) is 5.75 Å². The third-order valence-electron chi connectivity index (χ3n) is 2.65. The van der Waals surface area contributed by atoms with Crippen LogP contribution >= 0.6 is 0 Å². The van der Waals surface area contributed by atoms with Crippen molar-refractivity contribution in [2.45, 2.75) is 19.7 Å². The number of ether oxygens (including phenoxy) is 1. The largest absolute Gasteiger partial charge is 0.478 e. The molecule has 15 heavy (non-hydrogen) atoms. The maximum atomic E-state index is 10.8. The van der Waals surface area contributed by atoms with E-state index in [0.717, 1.165) is 12.1 Å². The van der Waals surface area contributed by atoms with Gasteiger partial charge in [-0.05, 0) is 26.1 Å². The Hall–Kier alpha value is -1.55. The maximum Gasteiger partial charge on any atom is 0.335 e. The molecule has 4 heteroatoms. The summed E-state index contributed by atoms with van der Waals surface area (Å²) in [6, 6.07) is 5.00. The van der Waals surface area contributed by atoms with Gasteiger partial charge in [0.1, 0.15) is 12.0 Å². The number of aromatic carboxylic acids is 1.